The molecule has 5 heteroatoms. The van der Waals surface area contributed by atoms with Crippen LogP contribution < -0.4 is 10.6 Å². The Morgan fingerprint density at radius 3 is 2.33 bits per heavy atom. The topological polar surface area (TPSA) is 42.9 Å². The van der Waals surface area contributed by atoms with Crippen molar-refractivity contribution in [2.75, 3.05) is 46.3 Å². The number of hydrogen-bond donors (Lipinski definition) is 2. The second kappa shape index (κ2) is 5.45. The van der Waals surface area contributed by atoms with E-state index in [1.807, 2.05) is 7.05 Å². The van der Waals surface area contributed by atoms with Crippen LogP contribution in [0.25, 0.3) is 0 Å². The van der Waals surface area contributed by atoms with Crippen molar-refractivity contribution in [3.63, 3.8) is 0 Å². The van der Waals surface area contributed by atoms with E-state index in [0.29, 0.717) is 6.04 Å². The lowest BCUT2D eigenvalue weighted by Gasteiger charge is -2.47. The maximum absolute atomic E-state index is 4.28. The van der Waals surface area contributed by atoms with Crippen molar-refractivity contribution in [3.05, 3.63) is 0 Å². The Bertz CT molecular complexity index is 299. The Kier molecular flexibility index (Phi) is 4.12. The Labute approximate surface area is 111 Å². The van der Waals surface area contributed by atoms with Gasteiger partial charge in [-0.2, -0.15) is 0 Å². The average molecular weight is 253 g/mol. The number of guanidine groups is 1. The lowest BCUT2D eigenvalue weighted by molar-refractivity contribution is 0.0154. The lowest BCUT2D eigenvalue weighted by Crippen LogP contribution is -2.64. The molecule has 3 fully saturated rings. The molecular weight excluding hydrogens is 226 g/mol. The summed E-state index contributed by atoms with van der Waals surface area (Å²) in [5.41, 5.74) is 0.0528. The van der Waals surface area contributed by atoms with Crippen LogP contribution in [0.3, 0.4) is 0 Å². The van der Waals surface area contributed by atoms with Gasteiger partial charge < -0.3 is 10.6 Å². The molecule has 3 heterocycles. The van der Waals surface area contributed by atoms with Crippen LogP contribution in [0.5, 0.6) is 0 Å². The number of nitrogens with one attached hydrogen (secondary N) is 2. The fourth-order valence-electron chi connectivity index (χ4n) is 2.67. The van der Waals surface area contributed by atoms with Gasteiger partial charge in [0.1, 0.15) is 0 Å². The quantitative estimate of drug-likeness (QED) is 0.535. The van der Waals surface area contributed by atoms with E-state index < -0.39 is 0 Å². The third kappa shape index (κ3) is 3.59. The number of aliphatic imine (C=N–C) groups is 1. The molecule has 0 spiro atoms. The molecule has 0 aromatic carbocycles. The zero-order valence-corrected chi connectivity index (χ0v) is 12.2. The molecule has 18 heavy (non-hydrogen) atoms. The minimum Gasteiger partial charge on any atom is -0.355 e. The highest BCUT2D eigenvalue weighted by Gasteiger charge is 2.31. The SMILES string of the molecule is CN=C(NCC1CN2CCN1CC2)NC(C)(C)C. The first-order valence-corrected chi connectivity index (χ1v) is 6.93. The highest BCUT2D eigenvalue weighted by atomic mass is 15.4. The summed E-state index contributed by atoms with van der Waals surface area (Å²) >= 11 is 0. The number of piperazine rings is 3. The fourth-order valence-corrected chi connectivity index (χ4v) is 2.67. The summed E-state index contributed by atoms with van der Waals surface area (Å²) < 4.78 is 0. The summed E-state index contributed by atoms with van der Waals surface area (Å²) in [4.78, 5) is 9.44. The van der Waals surface area contributed by atoms with Crippen molar-refractivity contribution in [2.24, 2.45) is 4.99 Å². The minimum atomic E-state index is 0.0528. The fraction of sp³-hybridized carbons (Fsp3) is 0.923. The highest BCUT2D eigenvalue weighted by molar-refractivity contribution is 5.80. The van der Waals surface area contributed by atoms with Crippen molar-refractivity contribution in [1.82, 2.24) is 20.4 Å². The molecule has 1 unspecified atom stereocenters. The molecule has 3 rings (SSSR count). The van der Waals surface area contributed by atoms with E-state index >= 15 is 0 Å². The Hall–Kier alpha value is -0.810. The third-order valence-corrected chi connectivity index (χ3v) is 3.61. The summed E-state index contributed by atoms with van der Waals surface area (Å²) in [7, 11) is 1.83. The van der Waals surface area contributed by atoms with Gasteiger partial charge in [0.15, 0.2) is 5.96 Å². The van der Waals surface area contributed by atoms with Gasteiger partial charge in [0.05, 0.1) is 0 Å². The van der Waals surface area contributed by atoms with Gasteiger partial charge >= 0.3 is 0 Å². The largest absolute Gasteiger partial charge is 0.355 e. The van der Waals surface area contributed by atoms with Crippen LogP contribution in [0.4, 0.5) is 0 Å². The molecule has 3 saturated heterocycles. The molecular formula is C13H27N5. The van der Waals surface area contributed by atoms with Crippen LogP contribution in [0.2, 0.25) is 0 Å². The van der Waals surface area contributed by atoms with Gasteiger partial charge in [-0.05, 0) is 20.8 Å². The molecule has 0 aromatic heterocycles. The van der Waals surface area contributed by atoms with Gasteiger partial charge in [-0.25, -0.2) is 0 Å². The van der Waals surface area contributed by atoms with Gasteiger partial charge in [-0.1, -0.05) is 0 Å². The molecule has 1 atom stereocenters. The molecule has 3 aliphatic rings. The van der Waals surface area contributed by atoms with E-state index in [-0.39, 0.29) is 5.54 Å². The van der Waals surface area contributed by atoms with Crippen molar-refractivity contribution < 1.29 is 0 Å². The van der Waals surface area contributed by atoms with E-state index in [1.54, 1.807) is 0 Å². The van der Waals surface area contributed by atoms with Crippen molar-refractivity contribution in [3.8, 4) is 0 Å². The maximum atomic E-state index is 4.28. The van der Waals surface area contributed by atoms with Gasteiger partial charge in [-0.15, -0.1) is 0 Å². The van der Waals surface area contributed by atoms with Gasteiger partial charge in [-0.3, -0.25) is 14.8 Å². The van der Waals surface area contributed by atoms with E-state index in [0.717, 1.165) is 12.5 Å². The van der Waals surface area contributed by atoms with Crippen molar-refractivity contribution >= 4 is 5.96 Å². The summed E-state index contributed by atoms with van der Waals surface area (Å²) in [6.45, 7) is 13.5. The first-order chi connectivity index (χ1) is 8.48. The molecule has 0 saturated carbocycles. The summed E-state index contributed by atoms with van der Waals surface area (Å²) in [5.74, 6) is 0.903. The maximum Gasteiger partial charge on any atom is 0.191 e. The van der Waals surface area contributed by atoms with Crippen molar-refractivity contribution in [1.29, 1.82) is 0 Å². The van der Waals surface area contributed by atoms with Gasteiger partial charge in [0.25, 0.3) is 0 Å². The Morgan fingerprint density at radius 2 is 1.89 bits per heavy atom. The number of nitrogens with zero attached hydrogens (tertiary/aromatic N) is 3. The molecule has 0 amide bonds. The van der Waals surface area contributed by atoms with E-state index in [1.165, 1.54) is 32.7 Å². The lowest BCUT2D eigenvalue weighted by atomic mass is 10.1. The predicted octanol–water partition coefficient (Wildman–Crippen LogP) is -0.0503. The smallest absolute Gasteiger partial charge is 0.191 e. The summed E-state index contributed by atoms with van der Waals surface area (Å²) in [6, 6.07) is 0.631. The third-order valence-electron chi connectivity index (χ3n) is 3.61. The normalized spacial score (nSPS) is 32.4. The average Bonchev–Trinajstić information content (AvgIpc) is 2.34. The first kappa shape index (κ1) is 13.6. The van der Waals surface area contributed by atoms with E-state index in [4.69, 9.17) is 0 Å². The van der Waals surface area contributed by atoms with E-state index in [9.17, 15) is 0 Å². The van der Waals surface area contributed by atoms with Crippen LogP contribution in [0, 0.1) is 0 Å². The predicted molar refractivity (Wildman–Crippen MR) is 76.1 cm³/mol. The van der Waals surface area contributed by atoms with Gasteiger partial charge in [0.2, 0.25) is 0 Å². The zero-order valence-electron chi connectivity index (χ0n) is 12.2. The molecule has 5 nitrogen and oxygen atoms in total. The Balaban J connectivity index is 1.80. The summed E-state index contributed by atoms with van der Waals surface area (Å²) in [6.07, 6.45) is 0. The second-order valence-electron chi connectivity index (χ2n) is 6.32. The molecule has 2 bridgehead atoms. The van der Waals surface area contributed by atoms with Crippen molar-refractivity contribution in [2.45, 2.75) is 32.4 Å². The zero-order chi connectivity index (χ0) is 13.2. The first-order valence-electron chi connectivity index (χ1n) is 6.93. The van der Waals surface area contributed by atoms with E-state index in [2.05, 4.69) is 46.2 Å². The minimum absolute atomic E-state index is 0.0528. The Morgan fingerprint density at radius 1 is 1.22 bits per heavy atom. The standard InChI is InChI=1S/C13H27N5/c1-13(2,3)16-12(14-4)15-9-11-10-17-5-7-18(11)8-6-17/h11H,5-10H2,1-4H3,(H2,14,15,16). The van der Waals surface area contributed by atoms with Crippen LogP contribution in [0.1, 0.15) is 20.8 Å². The molecule has 3 aliphatic heterocycles. The van der Waals surface area contributed by atoms with Crippen LogP contribution in [0.15, 0.2) is 4.99 Å². The van der Waals surface area contributed by atoms with Crippen LogP contribution in [-0.4, -0.2) is 73.7 Å². The highest BCUT2D eigenvalue weighted by Crippen LogP contribution is 2.14. The number of fused-ring (bicyclic) bond motifs is 3. The molecule has 2 N–H and O–H groups in total. The van der Waals surface area contributed by atoms with Crippen LogP contribution in [-0.2, 0) is 0 Å². The number of hydrogen-bond acceptors (Lipinski definition) is 3. The molecule has 104 valence electrons. The second-order valence-corrected chi connectivity index (χ2v) is 6.32. The van der Waals surface area contributed by atoms with Crippen LogP contribution >= 0.6 is 0 Å². The molecule has 0 radical (unpaired) electrons. The molecule has 0 aromatic rings. The number of rotatable bonds is 2. The summed E-state index contributed by atoms with van der Waals surface area (Å²) in [5, 5.41) is 6.85. The monoisotopic (exact) mass is 253 g/mol. The van der Waals surface area contributed by atoms with Gasteiger partial charge in [0, 0.05) is 57.9 Å². The molecule has 0 aliphatic carbocycles.